The first-order valence-corrected chi connectivity index (χ1v) is 9.03. The monoisotopic (exact) mass is 385 g/mol. The average Bonchev–Trinajstić information content (AvgIpc) is 2.55. The Morgan fingerprint density at radius 2 is 1.92 bits per heavy atom. The third-order valence-corrected chi connectivity index (χ3v) is 5.07. The van der Waals surface area contributed by atoms with Crippen molar-refractivity contribution in [2.45, 2.75) is 11.8 Å². The van der Waals surface area contributed by atoms with Gasteiger partial charge in [0.05, 0.1) is 27.8 Å². The number of anilines is 2. The second kappa shape index (κ2) is 7.68. The van der Waals surface area contributed by atoms with Crippen LogP contribution in [0.4, 0.5) is 17.1 Å². The van der Waals surface area contributed by atoms with E-state index in [1.807, 2.05) is 0 Å². The Morgan fingerprint density at radius 3 is 2.56 bits per heavy atom. The number of benzene rings is 2. The highest BCUT2D eigenvalue weighted by atomic mass is 35.5. The van der Waals surface area contributed by atoms with Crippen LogP contribution in [0.1, 0.15) is 5.56 Å². The zero-order valence-electron chi connectivity index (χ0n) is 13.2. The van der Waals surface area contributed by atoms with Gasteiger partial charge in [0.1, 0.15) is 0 Å². The molecule has 2 aromatic carbocycles. The highest BCUT2D eigenvalue weighted by Crippen LogP contribution is 2.30. The third-order valence-electron chi connectivity index (χ3n) is 3.33. The quantitative estimate of drug-likeness (QED) is 0.497. The van der Waals surface area contributed by atoms with Crippen molar-refractivity contribution in [3.05, 3.63) is 57.1 Å². The molecule has 10 heteroatoms. The van der Waals surface area contributed by atoms with Gasteiger partial charge in [-0.05, 0) is 30.7 Å². The molecule has 0 amide bonds. The van der Waals surface area contributed by atoms with Crippen molar-refractivity contribution in [3.63, 3.8) is 0 Å². The zero-order valence-corrected chi connectivity index (χ0v) is 14.8. The second-order valence-corrected chi connectivity index (χ2v) is 7.24. The van der Waals surface area contributed by atoms with E-state index in [1.165, 1.54) is 18.2 Å². The highest BCUT2D eigenvalue weighted by Gasteiger charge is 2.20. The molecule has 0 atom stereocenters. The zero-order chi connectivity index (χ0) is 18.6. The van der Waals surface area contributed by atoms with E-state index in [0.29, 0.717) is 11.3 Å². The SMILES string of the molecule is Cc1ccc(Cl)cc1S(=O)(=O)Nc1cc([N+](=O)[O-])ccc1NCCO. The summed E-state index contributed by atoms with van der Waals surface area (Å²) in [6.07, 6.45) is 0. The van der Waals surface area contributed by atoms with Gasteiger partial charge < -0.3 is 10.4 Å². The van der Waals surface area contributed by atoms with Gasteiger partial charge >= 0.3 is 0 Å². The van der Waals surface area contributed by atoms with E-state index in [0.717, 1.165) is 6.07 Å². The number of rotatable bonds is 7. The maximum absolute atomic E-state index is 12.7. The Labute approximate surface area is 149 Å². The first-order valence-electron chi connectivity index (χ1n) is 7.17. The van der Waals surface area contributed by atoms with Gasteiger partial charge in [-0.15, -0.1) is 0 Å². The fraction of sp³-hybridized carbons (Fsp3) is 0.200. The number of hydrogen-bond acceptors (Lipinski definition) is 6. The summed E-state index contributed by atoms with van der Waals surface area (Å²) in [6.45, 7) is 1.59. The number of hydrogen-bond donors (Lipinski definition) is 3. The van der Waals surface area contributed by atoms with Gasteiger partial charge in [-0.2, -0.15) is 0 Å². The smallest absolute Gasteiger partial charge is 0.271 e. The summed E-state index contributed by atoms with van der Waals surface area (Å²) in [5.74, 6) is 0. The first kappa shape index (κ1) is 19.0. The Bertz CT molecular complexity index is 902. The molecule has 0 saturated carbocycles. The maximum Gasteiger partial charge on any atom is 0.271 e. The number of aryl methyl sites for hydroxylation is 1. The summed E-state index contributed by atoms with van der Waals surface area (Å²) in [5, 5.41) is 22.9. The van der Waals surface area contributed by atoms with Crippen molar-refractivity contribution in [2.24, 2.45) is 0 Å². The summed E-state index contributed by atoms with van der Waals surface area (Å²) >= 11 is 5.87. The van der Waals surface area contributed by atoms with Gasteiger partial charge in [0.25, 0.3) is 15.7 Å². The molecule has 8 nitrogen and oxygen atoms in total. The second-order valence-electron chi connectivity index (χ2n) is 5.15. The van der Waals surface area contributed by atoms with E-state index in [-0.39, 0.29) is 34.4 Å². The minimum atomic E-state index is -4.02. The topological polar surface area (TPSA) is 122 Å². The third kappa shape index (κ3) is 4.59. The molecule has 134 valence electrons. The number of nitro benzene ring substituents is 1. The van der Waals surface area contributed by atoms with E-state index >= 15 is 0 Å². The predicted octanol–water partition coefficient (Wildman–Crippen LogP) is 2.76. The fourth-order valence-electron chi connectivity index (χ4n) is 2.14. The summed E-state index contributed by atoms with van der Waals surface area (Å²) < 4.78 is 27.7. The summed E-state index contributed by atoms with van der Waals surface area (Å²) in [4.78, 5) is 10.3. The minimum absolute atomic E-state index is 0.00188. The van der Waals surface area contributed by atoms with Crippen molar-refractivity contribution in [1.29, 1.82) is 0 Å². The molecule has 0 fully saturated rings. The fourth-order valence-corrected chi connectivity index (χ4v) is 3.72. The molecule has 0 unspecified atom stereocenters. The lowest BCUT2D eigenvalue weighted by Gasteiger charge is -2.15. The molecule has 0 heterocycles. The number of aliphatic hydroxyl groups excluding tert-OH is 1. The summed E-state index contributed by atoms with van der Waals surface area (Å²) in [7, 11) is -4.02. The number of halogens is 1. The Balaban J connectivity index is 2.47. The number of aliphatic hydroxyl groups is 1. The van der Waals surface area contributed by atoms with Crippen LogP contribution in [0.25, 0.3) is 0 Å². The van der Waals surface area contributed by atoms with Crippen LogP contribution in [-0.4, -0.2) is 31.6 Å². The minimum Gasteiger partial charge on any atom is -0.395 e. The van der Waals surface area contributed by atoms with Gasteiger partial charge in [-0.1, -0.05) is 17.7 Å². The van der Waals surface area contributed by atoms with Crippen molar-refractivity contribution < 1.29 is 18.4 Å². The summed E-state index contributed by atoms with van der Waals surface area (Å²) in [6, 6.07) is 8.15. The van der Waals surface area contributed by atoms with Crippen LogP contribution >= 0.6 is 11.6 Å². The largest absolute Gasteiger partial charge is 0.395 e. The number of sulfonamides is 1. The Hall–Kier alpha value is -2.36. The van der Waals surface area contributed by atoms with E-state index in [2.05, 4.69) is 10.0 Å². The van der Waals surface area contributed by atoms with Crippen LogP contribution in [0, 0.1) is 17.0 Å². The molecular weight excluding hydrogens is 370 g/mol. The standard InChI is InChI=1S/C15H16ClN3O5S/c1-10-2-3-11(16)8-15(10)25(23,24)18-14-9-12(19(21)22)4-5-13(14)17-6-7-20/h2-5,8-9,17-18,20H,6-7H2,1H3. The van der Waals surface area contributed by atoms with Crippen LogP contribution in [0.5, 0.6) is 0 Å². The molecule has 2 aromatic rings. The summed E-state index contributed by atoms with van der Waals surface area (Å²) in [5.41, 5.74) is 0.521. The maximum atomic E-state index is 12.7. The van der Waals surface area contributed by atoms with E-state index in [4.69, 9.17) is 16.7 Å². The Morgan fingerprint density at radius 1 is 1.20 bits per heavy atom. The number of nitrogens with one attached hydrogen (secondary N) is 2. The van der Waals surface area contributed by atoms with Gasteiger partial charge in [-0.3, -0.25) is 14.8 Å². The normalized spacial score (nSPS) is 11.2. The van der Waals surface area contributed by atoms with Crippen LogP contribution in [0.2, 0.25) is 5.02 Å². The molecular formula is C15H16ClN3O5S. The van der Waals surface area contributed by atoms with Crippen molar-refractivity contribution >= 4 is 38.7 Å². The van der Waals surface area contributed by atoms with Crippen LogP contribution in [0.15, 0.2) is 41.3 Å². The van der Waals surface area contributed by atoms with Crippen LogP contribution in [-0.2, 0) is 10.0 Å². The number of non-ortho nitro benzene ring substituents is 1. The van der Waals surface area contributed by atoms with Crippen LogP contribution < -0.4 is 10.0 Å². The lowest BCUT2D eigenvalue weighted by molar-refractivity contribution is -0.384. The number of nitrogens with zero attached hydrogens (tertiary/aromatic N) is 1. The molecule has 0 aromatic heterocycles. The van der Waals surface area contributed by atoms with Gasteiger partial charge in [-0.25, -0.2) is 8.42 Å². The van der Waals surface area contributed by atoms with Crippen molar-refractivity contribution in [3.8, 4) is 0 Å². The lowest BCUT2D eigenvalue weighted by atomic mass is 10.2. The molecule has 0 aliphatic heterocycles. The molecule has 0 saturated heterocycles. The number of nitro groups is 1. The lowest BCUT2D eigenvalue weighted by Crippen LogP contribution is -2.16. The van der Waals surface area contributed by atoms with E-state index in [9.17, 15) is 18.5 Å². The molecule has 2 rings (SSSR count). The molecule has 3 N–H and O–H groups in total. The predicted molar refractivity (Wildman–Crippen MR) is 95.7 cm³/mol. The van der Waals surface area contributed by atoms with E-state index in [1.54, 1.807) is 19.1 Å². The molecule has 25 heavy (non-hydrogen) atoms. The van der Waals surface area contributed by atoms with Crippen molar-refractivity contribution in [1.82, 2.24) is 0 Å². The average molecular weight is 386 g/mol. The van der Waals surface area contributed by atoms with Crippen LogP contribution in [0.3, 0.4) is 0 Å². The highest BCUT2D eigenvalue weighted by molar-refractivity contribution is 7.92. The molecule has 0 aliphatic carbocycles. The Kier molecular flexibility index (Phi) is 5.83. The van der Waals surface area contributed by atoms with Gasteiger partial charge in [0.15, 0.2) is 0 Å². The van der Waals surface area contributed by atoms with E-state index < -0.39 is 14.9 Å². The molecule has 0 bridgehead atoms. The molecule has 0 aliphatic rings. The van der Waals surface area contributed by atoms with Gasteiger partial charge in [0.2, 0.25) is 0 Å². The molecule has 0 radical (unpaired) electrons. The van der Waals surface area contributed by atoms with Crippen molar-refractivity contribution in [2.75, 3.05) is 23.2 Å². The van der Waals surface area contributed by atoms with Gasteiger partial charge in [0, 0.05) is 23.7 Å². The first-order chi connectivity index (χ1) is 11.7. The molecule has 0 spiro atoms.